The molecule has 0 aromatic carbocycles. The molecule has 1 N–H and O–H groups in total. The van der Waals surface area contributed by atoms with E-state index in [4.69, 9.17) is 0 Å². The van der Waals surface area contributed by atoms with Crippen molar-refractivity contribution in [2.75, 3.05) is 0 Å². The quantitative estimate of drug-likeness (QED) is 0.740. The van der Waals surface area contributed by atoms with Crippen molar-refractivity contribution >= 4 is 11.8 Å². The molecule has 0 spiro atoms. The second-order valence-electron chi connectivity index (χ2n) is 3.21. The van der Waals surface area contributed by atoms with Gasteiger partial charge in [0.25, 0.3) is 0 Å². The molecular formula is C12H13NS. The van der Waals surface area contributed by atoms with Crippen LogP contribution in [0.3, 0.4) is 0 Å². The molecule has 1 nitrogen and oxygen atoms in total. The lowest BCUT2D eigenvalue weighted by Crippen LogP contribution is -2.39. The fraction of sp³-hybridized carbons (Fsp3) is 0.167. The van der Waals surface area contributed by atoms with Gasteiger partial charge in [0.05, 0.1) is 11.3 Å². The van der Waals surface area contributed by atoms with Crippen LogP contribution in [0.2, 0.25) is 0 Å². The Morgan fingerprint density at radius 2 is 2.00 bits per heavy atom. The highest BCUT2D eigenvalue weighted by Gasteiger charge is 2.25. The number of fused-ring (bicyclic) bond motifs is 1. The summed E-state index contributed by atoms with van der Waals surface area (Å²) in [5.74, 6) is 0. The van der Waals surface area contributed by atoms with E-state index in [9.17, 15) is 0 Å². The van der Waals surface area contributed by atoms with Gasteiger partial charge in [0.2, 0.25) is 0 Å². The van der Waals surface area contributed by atoms with Crippen molar-refractivity contribution in [2.24, 2.45) is 0 Å². The van der Waals surface area contributed by atoms with Gasteiger partial charge in [-0.15, -0.1) is 11.8 Å². The SMILES string of the molecule is C=CC1=C(C=C)SC2C=CC=CC2N1. The van der Waals surface area contributed by atoms with Gasteiger partial charge in [-0.1, -0.05) is 43.5 Å². The van der Waals surface area contributed by atoms with Gasteiger partial charge in [-0.05, 0) is 6.08 Å². The molecule has 0 aromatic heterocycles. The Balaban J connectivity index is 2.29. The van der Waals surface area contributed by atoms with Gasteiger partial charge < -0.3 is 5.32 Å². The summed E-state index contributed by atoms with van der Waals surface area (Å²) in [7, 11) is 0. The largest absolute Gasteiger partial charge is 0.376 e. The average Bonchev–Trinajstić information content (AvgIpc) is 2.27. The van der Waals surface area contributed by atoms with Crippen LogP contribution in [0.1, 0.15) is 0 Å². The van der Waals surface area contributed by atoms with Gasteiger partial charge in [0, 0.05) is 10.6 Å². The molecule has 2 heteroatoms. The summed E-state index contributed by atoms with van der Waals surface area (Å²) in [4.78, 5) is 1.18. The van der Waals surface area contributed by atoms with Gasteiger partial charge in [0.15, 0.2) is 0 Å². The third-order valence-corrected chi connectivity index (χ3v) is 3.69. The van der Waals surface area contributed by atoms with E-state index < -0.39 is 0 Å². The zero-order chi connectivity index (χ0) is 9.97. The molecule has 0 aromatic rings. The topological polar surface area (TPSA) is 12.0 Å². The number of allylic oxidation sites excluding steroid dienone is 4. The standard InChI is InChI=1S/C12H13NS/c1-3-9-11(4-2)14-12-8-6-5-7-10(12)13-9/h3-8,10,12-13H,1-2H2. The Bertz CT molecular complexity index is 315. The van der Waals surface area contributed by atoms with Crippen LogP contribution in [0.15, 0.2) is 60.2 Å². The summed E-state index contributed by atoms with van der Waals surface area (Å²) >= 11 is 1.84. The van der Waals surface area contributed by atoms with E-state index in [1.54, 1.807) is 0 Å². The average molecular weight is 203 g/mol. The Morgan fingerprint density at radius 3 is 2.71 bits per heavy atom. The summed E-state index contributed by atoms with van der Waals surface area (Å²) in [5.41, 5.74) is 1.09. The Labute approximate surface area is 89.0 Å². The van der Waals surface area contributed by atoms with E-state index >= 15 is 0 Å². The molecule has 2 unspecified atom stereocenters. The molecule has 1 aliphatic carbocycles. The molecule has 14 heavy (non-hydrogen) atoms. The maximum absolute atomic E-state index is 3.81. The van der Waals surface area contributed by atoms with Crippen LogP contribution in [0.25, 0.3) is 0 Å². The van der Waals surface area contributed by atoms with Gasteiger partial charge >= 0.3 is 0 Å². The fourth-order valence-corrected chi connectivity index (χ4v) is 2.74. The Hall–Kier alpha value is -1.15. The second-order valence-corrected chi connectivity index (χ2v) is 4.43. The molecule has 0 saturated carbocycles. The summed E-state index contributed by atoms with van der Waals surface area (Å²) in [5, 5.41) is 3.92. The van der Waals surface area contributed by atoms with E-state index in [1.165, 1.54) is 4.91 Å². The molecule has 2 aliphatic rings. The molecule has 0 radical (unpaired) electrons. The molecule has 1 aliphatic heterocycles. The van der Waals surface area contributed by atoms with Crippen LogP contribution in [0.4, 0.5) is 0 Å². The summed E-state index contributed by atoms with van der Waals surface area (Å²) in [6, 6.07) is 0.390. The minimum atomic E-state index is 0.390. The van der Waals surface area contributed by atoms with Gasteiger partial charge in [0.1, 0.15) is 0 Å². The highest BCUT2D eigenvalue weighted by molar-refractivity contribution is 8.04. The van der Waals surface area contributed by atoms with E-state index in [0.717, 1.165) is 5.70 Å². The van der Waals surface area contributed by atoms with Gasteiger partial charge in [-0.3, -0.25) is 0 Å². The zero-order valence-electron chi connectivity index (χ0n) is 7.94. The smallest absolute Gasteiger partial charge is 0.0605 e. The van der Waals surface area contributed by atoms with E-state index in [0.29, 0.717) is 11.3 Å². The first kappa shape index (κ1) is 9.41. The van der Waals surface area contributed by atoms with E-state index in [-0.39, 0.29) is 0 Å². The van der Waals surface area contributed by atoms with E-state index in [2.05, 4.69) is 42.8 Å². The Morgan fingerprint density at radius 1 is 1.21 bits per heavy atom. The third kappa shape index (κ3) is 1.58. The first-order chi connectivity index (χ1) is 6.85. The third-order valence-electron chi connectivity index (χ3n) is 2.32. The maximum atomic E-state index is 3.81. The van der Waals surface area contributed by atoms with Crippen molar-refractivity contribution in [1.29, 1.82) is 0 Å². The van der Waals surface area contributed by atoms with Crippen molar-refractivity contribution in [3.05, 3.63) is 60.2 Å². The van der Waals surface area contributed by atoms with Gasteiger partial charge in [-0.2, -0.15) is 0 Å². The molecule has 1 heterocycles. The molecule has 0 fully saturated rings. The number of hydrogen-bond acceptors (Lipinski definition) is 2. The summed E-state index contributed by atoms with van der Waals surface area (Å²) < 4.78 is 0. The number of nitrogens with one attached hydrogen (secondary N) is 1. The number of hydrogen-bond donors (Lipinski definition) is 1. The molecule has 2 atom stereocenters. The minimum absolute atomic E-state index is 0.390. The van der Waals surface area contributed by atoms with Crippen LogP contribution in [-0.4, -0.2) is 11.3 Å². The van der Waals surface area contributed by atoms with Crippen LogP contribution in [0.5, 0.6) is 0 Å². The van der Waals surface area contributed by atoms with Crippen LogP contribution in [0, 0.1) is 0 Å². The predicted molar refractivity (Wildman–Crippen MR) is 64.0 cm³/mol. The van der Waals surface area contributed by atoms with Gasteiger partial charge in [-0.25, -0.2) is 0 Å². The molecule has 0 amide bonds. The minimum Gasteiger partial charge on any atom is -0.376 e. The fourth-order valence-electron chi connectivity index (χ4n) is 1.61. The van der Waals surface area contributed by atoms with Crippen molar-refractivity contribution in [2.45, 2.75) is 11.3 Å². The normalized spacial score (nSPS) is 29.4. The highest BCUT2D eigenvalue weighted by atomic mass is 32.2. The first-order valence-corrected chi connectivity index (χ1v) is 5.50. The first-order valence-electron chi connectivity index (χ1n) is 4.62. The molecule has 0 bridgehead atoms. The Kier molecular flexibility index (Phi) is 2.64. The monoisotopic (exact) mass is 203 g/mol. The zero-order valence-corrected chi connectivity index (χ0v) is 8.76. The number of thioether (sulfide) groups is 1. The lowest BCUT2D eigenvalue weighted by molar-refractivity contribution is 0.687. The lowest BCUT2D eigenvalue weighted by atomic mass is 10.1. The van der Waals surface area contributed by atoms with Crippen LogP contribution in [-0.2, 0) is 0 Å². The summed E-state index contributed by atoms with van der Waals surface area (Å²) in [6.07, 6.45) is 12.3. The molecule has 0 saturated heterocycles. The highest BCUT2D eigenvalue weighted by Crippen LogP contribution is 2.34. The van der Waals surface area contributed by atoms with Crippen molar-refractivity contribution in [3.8, 4) is 0 Å². The molecule has 2 rings (SSSR count). The van der Waals surface area contributed by atoms with E-state index in [1.807, 2.05) is 23.9 Å². The second kappa shape index (κ2) is 3.93. The maximum Gasteiger partial charge on any atom is 0.0605 e. The molecular weight excluding hydrogens is 190 g/mol. The molecule has 72 valence electrons. The predicted octanol–water partition coefficient (Wildman–Crippen LogP) is 2.77. The van der Waals surface area contributed by atoms with Crippen molar-refractivity contribution in [3.63, 3.8) is 0 Å². The van der Waals surface area contributed by atoms with Crippen molar-refractivity contribution in [1.82, 2.24) is 5.32 Å². The van der Waals surface area contributed by atoms with Crippen LogP contribution >= 0.6 is 11.8 Å². The number of rotatable bonds is 2. The summed E-state index contributed by atoms with van der Waals surface area (Å²) in [6.45, 7) is 7.61. The van der Waals surface area contributed by atoms with Crippen molar-refractivity contribution < 1.29 is 0 Å². The lowest BCUT2D eigenvalue weighted by Gasteiger charge is -2.32. The van der Waals surface area contributed by atoms with Crippen LogP contribution < -0.4 is 5.32 Å².